The van der Waals surface area contributed by atoms with E-state index in [2.05, 4.69) is 19.9 Å². The van der Waals surface area contributed by atoms with Crippen LogP contribution < -0.4 is 4.90 Å². The lowest BCUT2D eigenvalue weighted by Gasteiger charge is -2.30. The van der Waals surface area contributed by atoms with E-state index in [-0.39, 0.29) is 5.91 Å². The lowest BCUT2D eigenvalue weighted by atomic mass is 10.2. The fraction of sp³-hybridized carbons (Fsp3) is 0.500. The number of amides is 1. The molecule has 23 heavy (non-hydrogen) atoms. The largest absolute Gasteiger partial charge is 0.347 e. The molecule has 0 aromatic carbocycles. The zero-order valence-electron chi connectivity index (χ0n) is 14.3. The number of anilines is 1. The summed E-state index contributed by atoms with van der Waals surface area (Å²) < 4.78 is 2.04. The molecule has 3 heterocycles. The second-order valence-corrected chi connectivity index (χ2v) is 6.14. The van der Waals surface area contributed by atoms with Gasteiger partial charge in [-0.25, -0.2) is 15.0 Å². The van der Waals surface area contributed by atoms with Crippen molar-refractivity contribution in [1.29, 1.82) is 0 Å². The smallest absolute Gasteiger partial charge is 0.271 e. The van der Waals surface area contributed by atoms with E-state index >= 15 is 0 Å². The van der Waals surface area contributed by atoms with E-state index in [1.165, 1.54) is 0 Å². The van der Waals surface area contributed by atoms with Crippen LogP contribution in [0.4, 0.5) is 5.82 Å². The van der Waals surface area contributed by atoms with Crippen molar-refractivity contribution in [3.05, 3.63) is 34.8 Å². The van der Waals surface area contributed by atoms with Crippen LogP contribution in [-0.2, 0) is 13.1 Å². The Morgan fingerprint density at radius 1 is 1.13 bits per heavy atom. The third kappa shape index (κ3) is 2.56. The Morgan fingerprint density at radius 2 is 1.87 bits per heavy atom. The Bertz CT molecular complexity index is 764. The minimum atomic E-state index is 0.00348. The number of aryl methyl sites for hydroxylation is 2. The molecule has 0 aliphatic carbocycles. The van der Waals surface area contributed by atoms with Crippen molar-refractivity contribution < 1.29 is 4.79 Å². The van der Waals surface area contributed by atoms with Gasteiger partial charge in [0.1, 0.15) is 23.7 Å². The highest BCUT2D eigenvalue weighted by molar-refractivity contribution is 5.93. The zero-order valence-corrected chi connectivity index (χ0v) is 14.3. The standard InChI is InChI=1S/C16H22N6O/c1-10-11(2)17-9-18-15(10)21-6-7-22-13(8-21)19-12(3)14(22)16(23)20(4)5/h9H,6-8H2,1-5H3. The molecule has 0 saturated carbocycles. The molecule has 122 valence electrons. The van der Waals surface area contributed by atoms with Gasteiger partial charge >= 0.3 is 0 Å². The van der Waals surface area contributed by atoms with Crippen LogP contribution in [0.5, 0.6) is 0 Å². The van der Waals surface area contributed by atoms with Gasteiger partial charge in [-0.3, -0.25) is 4.79 Å². The average Bonchev–Trinajstić information content (AvgIpc) is 2.84. The normalized spacial score (nSPS) is 13.9. The maximum Gasteiger partial charge on any atom is 0.271 e. The quantitative estimate of drug-likeness (QED) is 0.836. The molecule has 1 aliphatic rings. The Hall–Kier alpha value is -2.44. The summed E-state index contributed by atoms with van der Waals surface area (Å²) in [6.45, 7) is 8.11. The molecular formula is C16H22N6O. The first-order valence-electron chi connectivity index (χ1n) is 7.71. The average molecular weight is 314 g/mol. The number of imidazole rings is 1. The molecule has 0 saturated heterocycles. The van der Waals surface area contributed by atoms with Crippen LogP contribution in [0.2, 0.25) is 0 Å². The third-order valence-electron chi connectivity index (χ3n) is 4.36. The van der Waals surface area contributed by atoms with Crippen molar-refractivity contribution in [2.45, 2.75) is 33.9 Å². The summed E-state index contributed by atoms with van der Waals surface area (Å²) in [6.07, 6.45) is 1.60. The van der Waals surface area contributed by atoms with Crippen LogP contribution in [-0.4, -0.2) is 51.0 Å². The lowest BCUT2D eigenvalue weighted by molar-refractivity contribution is 0.0815. The summed E-state index contributed by atoms with van der Waals surface area (Å²) in [4.78, 5) is 29.5. The van der Waals surface area contributed by atoms with Crippen LogP contribution >= 0.6 is 0 Å². The van der Waals surface area contributed by atoms with Crippen molar-refractivity contribution in [3.63, 3.8) is 0 Å². The molecule has 0 bridgehead atoms. The van der Waals surface area contributed by atoms with Gasteiger partial charge in [0.25, 0.3) is 5.91 Å². The summed E-state index contributed by atoms with van der Waals surface area (Å²) in [6, 6.07) is 0. The van der Waals surface area contributed by atoms with Crippen molar-refractivity contribution >= 4 is 11.7 Å². The molecule has 2 aromatic heterocycles. The highest BCUT2D eigenvalue weighted by Gasteiger charge is 2.27. The Kier molecular flexibility index (Phi) is 3.79. The molecule has 1 aliphatic heterocycles. The Balaban J connectivity index is 1.95. The number of nitrogens with zero attached hydrogens (tertiary/aromatic N) is 6. The first-order chi connectivity index (χ1) is 10.9. The van der Waals surface area contributed by atoms with E-state index in [0.29, 0.717) is 12.2 Å². The van der Waals surface area contributed by atoms with E-state index in [1.54, 1.807) is 25.3 Å². The van der Waals surface area contributed by atoms with Gasteiger partial charge in [0.2, 0.25) is 0 Å². The minimum Gasteiger partial charge on any atom is -0.347 e. The predicted octanol–water partition coefficient (Wildman–Crippen LogP) is 1.32. The third-order valence-corrected chi connectivity index (χ3v) is 4.36. The summed E-state index contributed by atoms with van der Waals surface area (Å²) in [5.41, 5.74) is 3.56. The molecule has 7 nitrogen and oxygen atoms in total. The predicted molar refractivity (Wildman–Crippen MR) is 87.5 cm³/mol. The molecule has 0 N–H and O–H groups in total. The van der Waals surface area contributed by atoms with Crippen molar-refractivity contribution in [1.82, 2.24) is 24.4 Å². The highest BCUT2D eigenvalue weighted by atomic mass is 16.2. The van der Waals surface area contributed by atoms with E-state index in [1.807, 2.05) is 25.3 Å². The SMILES string of the molecule is Cc1ncnc(N2CCn3c(nc(C)c3C(=O)N(C)C)C2)c1C. The monoisotopic (exact) mass is 314 g/mol. The van der Waals surface area contributed by atoms with Crippen molar-refractivity contribution in [2.24, 2.45) is 0 Å². The number of carbonyl (C=O) groups excluding carboxylic acids is 1. The van der Waals surface area contributed by atoms with Gasteiger partial charge in [-0.2, -0.15) is 0 Å². The van der Waals surface area contributed by atoms with Gasteiger partial charge in [-0.05, 0) is 20.8 Å². The fourth-order valence-electron chi connectivity index (χ4n) is 2.97. The maximum atomic E-state index is 12.4. The Morgan fingerprint density at radius 3 is 2.57 bits per heavy atom. The van der Waals surface area contributed by atoms with Crippen LogP contribution in [0.25, 0.3) is 0 Å². The molecule has 1 amide bonds. The number of hydrogen-bond acceptors (Lipinski definition) is 5. The van der Waals surface area contributed by atoms with Gasteiger partial charge in [-0.15, -0.1) is 0 Å². The van der Waals surface area contributed by atoms with Gasteiger partial charge in [0.05, 0.1) is 12.2 Å². The zero-order chi connectivity index (χ0) is 16.7. The number of aromatic nitrogens is 4. The molecule has 0 spiro atoms. The molecular weight excluding hydrogens is 292 g/mol. The van der Waals surface area contributed by atoms with Crippen molar-refractivity contribution in [2.75, 3.05) is 25.5 Å². The first-order valence-corrected chi connectivity index (χ1v) is 7.71. The summed E-state index contributed by atoms with van der Waals surface area (Å²) in [5, 5.41) is 0. The highest BCUT2D eigenvalue weighted by Crippen LogP contribution is 2.25. The maximum absolute atomic E-state index is 12.4. The van der Waals surface area contributed by atoms with Gasteiger partial charge in [-0.1, -0.05) is 0 Å². The van der Waals surface area contributed by atoms with Gasteiger partial charge in [0.15, 0.2) is 0 Å². The summed E-state index contributed by atoms with van der Waals surface area (Å²) in [5.74, 6) is 1.86. The Labute approximate surface area is 136 Å². The fourth-order valence-corrected chi connectivity index (χ4v) is 2.97. The number of hydrogen-bond donors (Lipinski definition) is 0. The number of fused-ring (bicyclic) bond motifs is 1. The second-order valence-electron chi connectivity index (χ2n) is 6.14. The molecule has 0 fully saturated rings. The lowest BCUT2D eigenvalue weighted by Crippen LogP contribution is -2.37. The topological polar surface area (TPSA) is 67.2 Å². The molecule has 2 aromatic rings. The molecule has 7 heteroatoms. The minimum absolute atomic E-state index is 0.00348. The van der Waals surface area contributed by atoms with Crippen LogP contribution in [0, 0.1) is 20.8 Å². The van der Waals surface area contributed by atoms with Crippen molar-refractivity contribution in [3.8, 4) is 0 Å². The number of rotatable bonds is 2. The molecule has 3 rings (SSSR count). The first kappa shape index (κ1) is 15.5. The van der Waals surface area contributed by atoms with Crippen LogP contribution in [0.1, 0.15) is 33.3 Å². The molecule has 0 atom stereocenters. The van der Waals surface area contributed by atoms with Crippen LogP contribution in [0.15, 0.2) is 6.33 Å². The van der Waals surface area contributed by atoms with Gasteiger partial charge in [0, 0.05) is 38.4 Å². The van der Waals surface area contributed by atoms with E-state index < -0.39 is 0 Å². The molecule has 0 radical (unpaired) electrons. The number of carbonyl (C=O) groups is 1. The van der Waals surface area contributed by atoms with E-state index in [9.17, 15) is 4.79 Å². The summed E-state index contributed by atoms with van der Waals surface area (Å²) >= 11 is 0. The second kappa shape index (κ2) is 5.64. The van der Waals surface area contributed by atoms with E-state index in [4.69, 9.17) is 0 Å². The van der Waals surface area contributed by atoms with E-state index in [0.717, 1.165) is 41.7 Å². The van der Waals surface area contributed by atoms with Crippen LogP contribution in [0.3, 0.4) is 0 Å². The van der Waals surface area contributed by atoms with Gasteiger partial charge < -0.3 is 14.4 Å². The molecule has 0 unspecified atom stereocenters. The summed E-state index contributed by atoms with van der Waals surface area (Å²) in [7, 11) is 3.54.